The molecule has 1 aliphatic heterocycles. The molecule has 0 amide bonds. The van der Waals surface area contributed by atoms with Crippen molar-refractivity contribution in [3.8, 4) is 0 Å². The maximum absolute atomic E-state index is 11.6. The Balaban J connectivity index is 1.90. The third-order valence-corrected chi connectivity index (χ3v) is 5.83. The number of hydrogen-bond donors (Lipinski definition) is 1. The van der Waals surface area contributed by atoms with E-state index in [2.05, 4.69) is 24.4 Å². The zero-order valence-corrected chi connectivity index (χ0v) is 14.9. The van der Waals surface area contributed by atoms with Gasteiger partial charge in [0, 0.05) is 17.0 Å². The number of rotatable bonds is 2. The first kappa shape index (κ1) is 16.2. The first-order valence-corrected chi connectivity index (χ1v) is 8.82. The molecular formula is C20H19ClN2O2. The number of aryl methyl sites for hydroxylation is 1. The Labute approximate surface area is 151 Å². The monoisotopic (exact) mass is 354 g/mol. The van der Waals surface area contributed by atoms with Crippen LogP contribution in [0.15, 0.2) is 42.5 Å². The Kier molecular flexibility index (Phi) is 3.80. The van der Waals surface area contributed by atoms with Crippen LogP contribution in [0, 0.1) is 29.9 Å². The molecule has 0 aromatic heterocycles. The largest absolute Gasteiger partial charge is 0.372 e. The summed E-state index contributed by atoms with van der Waals surface area (Å²) in [6.45, 7) is 4.01. The minimum atomic E-state index is -0.282. The van der Waals surface area contributed by atoms with Crippen molar-refractivity contribution in [1.29, 1.82) is 0 Å². The van der Waals surface area contributed by atoms with Crippen LogP contribution in [0.4, 0.5) is 11.4 Å². The second-order valence-electron chi connectivity index (χ2n) is 6.91. The van der Waals surface area contributed by atoms with E-state index >= 15 is 0 Å². The molecule has 2 aliphatic rings. The molecule has 0 unspecified atom stereocenters. The average molecular weight is 355 g/mol. The Morgan fingerprint density at radius 3 is 2.64 bits per heavy atom. The standard InChI is InChI=1S/C20H19ClN2O2/c1-11-10-17(23(24)25)20-18(12(11)2)15-4-3-5-16(15)19(22-20)13-6-8-14(21)9-7-13/h3-4,6-10,15-16,19,22H,5H2,1-2H3/t15-,16-,19-/m0/s1. The lowest BCUT2D eigenvalue weighted by molar-refractivity contribution is -0.384. The minimum absolute atomic E-state index is 0.0329. The van der Waals surface area contributed by atoms with Gasteiger partial charge in [0.05, 0.1) is 11.0 Å². The van der Waals surface area contributed by atoms with E-state index in [0.717, 1.165) is 28.7 Å². The van der Waals surface area contributed by atoms with E-state index in [0.29, 0.717) is 16.6 Å². The van der Waals surface area contributed by atoms with Gasteiger partial charge in [-0.2, -0.15) is 0 Å². The summed E-state index contributed by atoms with van der Waals surface area (Å²) in [5, 5.41) is 15.8. The number of fused-ring (bicyclic) bond motifs is 3. The highest BCUT2D eigenvalue weighted by molar-refractivity contribution is 6.30. The lowest BCUT2D eigenvalue weighted by Crippen LogP contribution is -2.30. The highest BCUT2D eigenvalue weighted by Crippen LogP contribution is 2.53. The van der Waals surface area contributed by atoms with Crippen molar-refractivity contribution in [3.05, 3.63) is 79.9 Å². The van der Waals surface area contributed by atoms with Gasteiger partial charge in [0.25, 0.3) is 5.69 Å². The van der Waals surface area contributed by atoms with E-state index in [4.69, 9.17) is 11.6 Å². The van der Waals surface area contributed by atoms with E-state index in [1.165, 1.54) is 0 Å². The molecule has 25 heavy (non-hydrogen) atoms. The van der Waals surface area contributed by atoms with Crippen LogP contribution in [0.5, 0.6) is 0 Å². The lowest BCUT2D eigenvalue weighted by Gasteiger charge is -2.38. The number of hydrogen-bond acceptors (Lipinski definition) is 3. The van der Waals surface area contributed by atoms with E-state index < -0.39 is 0 Å². The first-order valence-electron chi connectivity index (χ1n) is 8.44. The molecule has 0 radical (unpaired) electrons. The van der Waals surface area contributed by atoms with Gasteiger partial charge in [-0.05, 0) is 60.6 Å². The normalized spacial score (nSPS) is 23.7. The molecule has 3 atom stereocenters. The molecule has 0 saturated carbocycles. The molecule has 0 fully saturated rings. The summed E-state index contributed by atoms with van der Waals surface area (Å²) < 4.78 is 0. The SMILES string of the molecule is Cc1cc([N+](=O)[O-])c2c(c1C)[C@H]1C=CC[C@@H]1[C@H](c1ccc(Cl)cc1)N2. The van der Waals surface area contributed by atoms with Gasteiger partial charge >= 0.3 is 0 Å². The van der Waals surface area contributed by atoms with Gasteiger partial charge in [-0.1, -0.05) is 35.9 Å². The zero-order valence-electron chi connectivity index (χ0n) is 14.1. The molecule has 128 valence electrons. The van der Waals surface area contributed by atoms with E-state index in [1.54, 1.807) is 6.07 Å². The van der Waals surface area contributed by atoms with Crippen LogP contribution in [0.2, 0.25) is 5.02 Å². The predicted octanol–water partition coefficient (Wildman–Crippen LogP) is 5.69. The van der Waals surface area contributed by atoms with Crippen LogP contribution in [0.3, 0.4) is 0 Å². The van der Waals surface area contributed by atoms with Gasteiger partial charge in [-0.3, -0.25) is 10.1 Å². The summed E-state index contributed by atoms with van der Waals surface area (Å²) in [5.74, 6) is 0.560. The summed E-state index contributed by atoms with van der Waals surface area (Å²) >= 11 is 6.03. The fourth-order valence-corrected chi connectivity index (χ4v) is 4.35. The maximum atomic E-state index is 11.6. The molecule has 1 heterocycles. The smallest absolute Gasteiger partial charge is 0.292 e. The molecule has 2 aromatic rings. The summed E-state index contributed by atoms with van der Waals surface area (Å²) in [5.41, 5.74) is 5.13. The molecule has 0 saturated heterocycles. The predicted molar refractivity (Wildman–Crippen MR) is 100 cm³/mol. The third kappa shape index (κ3) is 2.52. The van der Waals surface area contributed by atoms with Crippen molar-refractivity contribution in [3.63, 3.8) is 0 Å². The number of anilines is 1. The number of allylic oxidation sites excluding steroid dienone is 2. The van der Waals surface area contributed by atoms with Crippen molar-refractivity contribution in [2.45, 2.75) is 32.2 Å². The van der Waals surface area contributed by atoms with Crippen molar-refractivity contribution in [1.82, 2.24) is 0 Å². The highest BCUT2D eigenvalue weighted by atomic mass is 35.5. The quantitative estimate of drug-likeness (QED) is 0.428. The summed E-state index contributed by atoms with van der Waals surface area (Å²) in [6.07, 6.45) is 5.37. The Bertz CT molecular complexity index is 890. The number of nitro benzene ring substituents is 1. The first-order chi connectivity index (χ1) is 12.0. The number of benzene rings is 2. The van der Waals surface area contributed by atoms with E-state index in [9.17, 15) is 10.1 Å². The Morgan fingerprint density at radius 2 is 1.96 bits per heavy atom. The fraction of sp³-hybridized carbons (Fsp3) is 0.300. The second kappa shape index (κ2) is 5.88. The summed E-state index contributed by atoms with van der Waals surface area (Å²) in [4.78, 5) is 11.4. The minimum Gasteiger partial charge on any atom is -0.372 e. The molecule has 0 bridgehead atoms. The van der Waals surface area contributed by atoms with Gasteiger partial charge in [-0.25, -0.2) is 0 Å². The van der Waals surface area contributed by atoms with Crippen LogP contribution in [0.25, 0.3) is 0 Å². The van der Waals surface area contributed by atoms with Gasteiger partial charge in [-0.15, -0.1) is 0 Å². The van der Waals surface area contributed by atoms with E-state index in [-0.39, 0.29) is 22.6 Å². The van der Waals surface area contributed by atoms with Crippen LogP contribution in [0.1, 0.15) is 40.6 Å². The number of nitrogens with one attached hydrogen (secondary N) is 1. The Hall–Kier alpha value is -2.33. The van der Waals surface area contributed by atoms with Crippen molar-refractivity contribution < 1.29 is 4.92 Å². The van der Waals surface area contributed by atoms with Gasteiger partial charge in [0.1, 0.15) is 5.69 Å². The van der Waals surface area contributed by atoms with Crippen molar-refractivity contribution in [2.75, 3.05) is 5.32 Å². The molecule has 1 aliphatic carbocycles. The third-order valence-electron chi connectivity index (χ3n) is 5.57. The van der Waals surface area contributed by atoms with Crippen LogP contribution in [-0.4, -0.2) is 4.92 Å². The van der Waals surface area contributed by atoms with Crippen molar-refractivity contribution in [2.24, 2.45) is 5.92 Å². The lowest BCUT2D eigenvalue weighted by atomic mass is 9.74. The summed E-state index contributed by atoms with van der Waals surface area (Å²) in [6, 6.07) is 9.48. The Morgan fingerprint density at radius 1 is 1.24 bits per heavy atom. The van der Waals surface area contributed by atoms with Gasteiger partial charge in [0.2, 0.25) is 0 Å². The van der Waals surface area contributed by atoms with Gasteiger partial charge in [0.15, 0.2) is 0 Å². The molecule has 4 rings (SSSR count). The van der Waals surface area contributed by atoms with Crippen LogP contribution in [-0.2, 0) is 0 Å². The number of halogens is 1. The average Bonchev–Trinajstić information content (AvgIpc) is 3.07. The molecule has 1 N–H and O–H groups in total. The second-order valence-corrected chi connectivity index (χ2v) is 7.35. The van der Waals surface area contributed by atoms with Gasteiger partial charge < -0.3 is 5.32 Å². The molecule has 5 heteroatoms. The highest BCUT2D eigenvalue weighted by Gasteiger charge is 2.41. The molecule has 0 spiro atoms. The van der Waals surface area contributed by atoms with Crippen LogP contribution >= 0.6 is 11.6 Å². The van der Waals surface area contributed by atoms with Crippen LogP contribution < -0.4 is 5.32 Å². The number of nitro groups is 1. The summed E-state index contributed by atoms with van der Waals surface area (Å²) in [7, 11) is 0. The van der Waals surface area contributed by atoms with Crippen molar-refractivity contribution >= 4 is 23.0 Å². The maximum Gasteiger partial charge on any atom is 0.292 e. The number of nitrogens with zero attached hydrogens (tertiary/aromatic N) is 1. The van der Waals surface area contributed by atoms with E-state index in [1.807, 2.05) is 31.2 Å². The molecule has 2 aromatic carbocycles. The molecular weight excluding hydrogens is 336 g/mol. The molecule has 4 nitrogen and oxygen atoms in total. The topological polar surface area (TPSA) is 55.2 Å². The fourth-order valence-electron chi connectivity index (χ4n) is 4.22. The zero-order chi connectivity index (χ0) is 17.7.